The number of nitrogens with one attached hydrogen (secondary N) is 1. The number of amides is 1. The molecule has 2 aromatic heterocycles. The SMILES string of the molecule is COc1ccc(C(=O)Nc2ccccc2SCc2cc(=O)n3nc(C)sc3n2)cc1. The number of nitrogens with zero attached hydrogens (tertiary/aromatic N) is 3. The number of ether oxygens (including phenoxy) is 1. The zero-order valence-corrected chi connectivity index (χ0v) is 17.9. The van der Waals surface area contributed by atoms with Crippen LogP contribution in [0.2, 0.25) is 0 Å². The Morgan fingerprint density at radius 3 is 2.73 bits per heavy atom. The first-order valence-electron chi connectivity index (χ1n) is 9.07. The van der Waals surface area contributed by atoms with Gasteiger partial charge in [-0.1, -0.05) is 23.5 Å². The van der Waals surface area contributed by atoms with Crippen molar-refractivity contribution in [2.24, 2.45) is 0 Å². The highest BCUT2D eigenvalue weighted by Crippen LogP contribution is 2.30. The second-order valence-corrected chi connectivity index (χ2v) is 8.55. The van der Waals surface area contributed by atoms with E-state index in [0.717, 1.165) is 9.90 Å². The number of thioether (sulfide) groups is 1. The molecule has 0 unspecified atom stereocenters. The van der Waals surface area contributed by atoms with Crippen LogP contribution in [0.4, 0.5) is 5.69 Å². The highest BCUT2D eigenvalue weighted by atomic mass is 32.2. The lowest BCUT2D eigenvalue weighted by Gasteiger charge is -2.11. The fourth-order valence-electron chi connectivity index (χ4n) is 2.81. The molecule has 1 N–H and O–H groups in total. The Kier molecular flexibility index (Phi) is 5.82. The molecule has 0 aliphatic carbocycles. The number of methoxy groups -OCH3 is 1. The summed E-state index contributed by atoms with van der Waals surface area (Å²) in [6, 6.07) is 16.0. The number of fused-ring (bicyclic) bond motifs is 1. The molecule has 0 aliphatic rings. The largest absolute Gasteiger partial charge is 0.497 e. The quantitative estimate of drug-likeness (QED) is 0.458. The van der Waals surface area contributed by atoms with E-state index in [9.17, 15) is 9.59 Å². The Hall–Kier alpha value is -3.17. The molecule has 2 heterocycles. The molecule has 9 heteroatoms. The van der Waals surface area contributed by atoms with E-state index in [-0.39, 0.29) is 11.5 Å². The molecule has 0 atom stereocenters. The molecule has 4 aromatic rings. The van der Waals surface area contributed by atoms with Crippen molar-refractivity contribution in [2.45, 2.75) is 17.6 Å². The fraction of sp³-hybridized carbons (Fsp3) is 0.143. The van der Waals surface area contributed by atoms with E-state index in [2.05, 4.69) is 15.4 Å². The maximum Gasteiger partial charge on any atom is 0.275 e. The molecule has 0 fully saturated rings. The first-order valence-corrected chi connectivity index (χ1v) is 10.9. The second-order valence-electron chi connectivity index (χ2n) is 6.37. The molecular weight excluding hydrogens is 420 g/mol. The summed E-state index contributed by atoms with van der Waals surface area (Å²) < 4.78 is 6.45. The average Bonchev–Trinajstić information content (AvgIpc) is 3.14. The number of rotatable bonds is 6. The van der Waals surface area contributed by atoms with E-state index in [1.54, 1.807) is 31.4 Å². The van der Waals surface area contributed by atoms with Crippen molar-refractivity contribution in [2.75, 3.05) is 12.4 Å². The van der Waals surface area contributed by atoms with Gasteiger partial charge < -0.3 is 10.1 Å². The molecule has 0 aliphatic heterocycles. The van der Waals surface area contributed by atoms with Crippen LogP contribution in [0.15, 0.2) is 64.3 Å². The van der Waals surface area contributed by atoms with Crippen LogP contribution in [0.25, 0.3) is 4.96 Å². The predicted molar refractivity (Wildman–Crippen MR) is 119 cm³/mol. The van der Waals surface area contributed by atoms with Gasteiger partial charge in [0.15, 0.2) is 0 Å². The number of carbonyl (C=O) groups is 1. The number of benzene rings is 2. The molecule has 4 rings (SSSR count). The molecule has 30 heavy (non-hydrogen) atoms. The Morgan fingerprint density at radius 1 is 1.20 bits per heavy atom. The minimum Gasteiger partial charge on any atom is -0.497 e. The van der Waals surface area contributed by atoms with Crippen LogP contribution < -0.4 is 15.6 Å². The third kappa shape index (κ3) is 4.37. The highest BCUT2D eigenvalue weighted by molar-refractivity contribution is 7.98. The molecule has 152 valence electrons. The van der Waals surface area contributed by atoms with Gasteiger partial charge in [-0.25, -0.2) is 4.98 Å². The van der Waals surface area contributed by atoms with E-state index >= 15 is 0 Å². The summed E-state index contributed by atoms with van der Waals surface area (Å²) in [5, 5.41) is 7.89. The zero-order valence-electron chi connectivity index (χ0n) is 16.3. The number of aromatic nitrogens is 3. The summed E-state index contributed by atoms with van der Waals surface area (Å²) in [4.78, 5) is 30.8. The Labute approximate surface area is 180 Å². The van der Waals surface area contributed by atoms with Crippen molar-refractivity contribution < 1.29 is 9.53 Å². The van der Waals surface area contributed by atoms with E-state index in [1.165, 1.54) is 33.7 Å². The van der Waals surface area contributed by atoms with Crippen LogP contribution in [0.1, 0.15) is 21.1 Å². The van der Waals surface area contributed by atoms with Crippen molar-refractivity contribution in [1.29, 1.82) is 0 Å². The van der Waals surface area contributed by atoms with Crippen LogP contribution in [0.3, 0.4) is 0 Å². The fourth-order valence-corrected chi connectivity index (χ4v) is 4.48. The van der Waals surface area contributed by atoms with Crippen molar-refractivity contribution in [3.05, 3.63) is 81.2 Å². The highest BCUT2D eigenvalue weighted by Gasteiger charge is 2.11. The van der Waals surface area contributed by atoms with Crippen LogP contribution >= 0.6 is 23.1 Å². The van der Waals surface area contributed by atoms with Gasteiger partial charge in [-0.3, -0.25) is 9.59 Å². The molecule has 0 radical (unpaired) electrons. The zero-order chi connectivity index (χ0) is 21.1. The Morgan fingerprint density at radius 2 is 1.97 bits per heavy atom. The van der Waals surface area contributed by atoms with E-state index in [0.29, 0.717) is 33.4 Å². The number of hydrogen-bond donors (Lipinski definition) is 1. The van der Waals surface area contributed by atoms with Gasteiger partial charge in [0.25, 0.3) is 11.5 Å². The lowest BCUT2D eigenvalue weighted by atomic mass is 10.2. The van der Waals surface area contributed by atoms with E-state index in [1.807, 2.05) is 31.2 Å². The van der Waals surface area contributed by atoms with Gasteiger partial charge in [0, 0.05) is 22.3 Å². The van der Waals surface area contributed by atoms with Crippen LogP contribution in [0.5, 0.6) is 5.75 Å². The van der Waals surface area contributed by atoms with Crippen molar-refractivity contribution >= 4 is 39.7 Å². The smallest absolute Gasteiger partial charge is 0.275 e. The Bertz CT molecular complexity index is 1270. The summed E-state index contributed by atoms with van der Waals surface area (Å²) in [7, 11) is 1.58. The molecule has 0 saturated heterocycles. The number of hydrogen-bond acceptors (Lipinski definition) is 7. The van der Waals surface area contributed by atoms with Gasteiger partial charge >= 0.3 is 0 Å². The molecule has 0 saturated carbocycles. The van der Waals surface area contributed by atoms with E-state index in [4.69, 9.17) is 4.74 Å². The van der Waals surface area contributed by atoms with Gasteiger partial charge in [-0.15, -0.1) is 11.8 Å². The maximum absolute atomic E-state index is 12.6. The number of aryl methyl sites for hydroxylation is 1. The predicted octanol–water partition coefficient (Wildman–Crippen LogP) is 4.01. The van der Waals surface area contributed by atoms with Gasteiger partial charge in [0.1, 0.15) is 10.8 Å². The number of anilines is 1. The molecule has 7 nitrogen and oxygen atoms in total. The summed E-state index contributed by atoms with van der Waals surface area (Å²) >= 11 is 2.89. The lowest BCUT2D eigenvalue weighted by molar-refractivity contribution is 0.102. The minimum atomic E-state index is -0.205. The second kappa shape index (κ2) is 8.68. The Balaban J connectivity index is 1.50. The van der Waals surface area contributed by atoms with Gasteiger partial charge in [-0.05, 0) is 43.3 Å². The minimum absolute atomic E-state index is 0.193. The normalized spacial score (nSPS) is 10.9. The topological polar surface area (TPSA) is 85.6 Å². The van der Waals surface area contributed by atoms with Crippen LogP contribution in [0, 0.1) is 6.92 Å². The van der Waals surface area contributed by atoms with Crippen LogP contribution in [-0.4, -0.2) is 27.6 Å². The summed E-state index contributed by atoms with van der Waals surface area (Å²) in [6.45, 7) is 1.84. The summed E-state index contributed by atoms with van der Waals surface area (Å²) in [5.41, 5.74) is 1.72. The van der Waals surface area contributed by atoms with Crippen molar-refractivity contribution in [3.8, 4) is 5.75 Å². The number of carbonyl (C=O) groups excluding carboxylic acids is 1. The molecule has 0 bridgehead atoms. The van der Waals surface area contributed by atoms with Gasteiger partial charge in [0.05, 0.1) is 18.5 Å². The molecule has 1 amide bonds. The third-order valence-electron chi connectivity index (χ3n) is 4.26. The van der Waals surface area contributed by atoms with Crippen molar-refractivity contribution in [3.63, 3.8) is 0 Å². The number of para-hydroxylation sites is 1. The van der Waals surface area contributed by atoms with Crippen LogP contribution in [-0.2, 0) is 5.75 Å². The summed E-state index contributed by atoms with van der Waals surface area (Å²) in [6.07, 6.45) is 0. The first kappa shape index (κ1) is 20.1. The van der Waals surface area contributed by atoms with Gasteiger partial charge in [-0.2, -0.15) is 9.61 Å². The standard InChI is InChI=1S/C21H18N4O3S2/c1-13-24-25-19(26)11-15(22-21(25)30-13)12-29-18-6-4-3-5-17(18)23-20(27)14-7-9-16(28-2)10-8-14/h3-11H,12H2,1-2H3,(H,23,27). The van der Waals surface area contributed by atoms with Crippen molar-refractivity contribution in [1.82, 2.24) is 14.6 Å². The monoisotopic (exact) mass is 438 g/mol. The van der Waals surface area contributed by atoms with E-state index < -0.39 is 0 Å². The molecule has 2 aromatic carbocycles. The average molecular weight is 439 g/mol. The third-order valence-corrected chi connectivity index (χ3v) is 6.19. The maximum atomic E-state index is 12.6. The van der Waals surface area contributed by atoms with Gasteiger partial charge in [0.2, 0.25) is 4.96 Å². The molecular formula is C21H18N4O3S2. The first-order chi connectivity index (χ1) is 14.5. The summed E-state index contributed by atoms with van der Waals surface area (Å²) in [5.74, 6) is 0.987. The molecule has 0 spiro atoms. The lowest BCUT2D eigenvalue weighted by Crippen LogP contribution is -2.15.